The first-order valence-corrected chi connectivity index (χ1v) is 11.1. The predicted molar refractivity (Wildman–Crippen MR) is 114 cm³/mol. The van der Waals surface area contributed by atoms with Crippen molar-refractivity contribution in [3.8, 4) is 11.5 Å². The molecule has 0 N–H and O–H groups in total. The molecule has 0 aliphatic heterocycles. The molecule has 3 nitrogen and oxygen atoms in total. The molecule has 0 heterocycles. The van der Waals surface area contributed by atoms with Gasteiger partial charge in [-0.2, -0.15) is 0 Å². The van der Waals surface area contributed by atoms with Crippen LogP contribution in [0.3, 0.4) is 0 Å². The van der Waals surface area contributed by atoms with E-state index in [1.807, 2.05) is 18.2 Å². The van der Waals surface area contributed by atoms with Crippen LogP contribution in [0.5, 0.6) is 11.5 Å². The molecule has 154 valence electrons. The molecule has 1 rings (SSSR count). The van der Waals surface area contributed by atoms with Crippen LogP contribution in [0, 0.1) is 0 Å². The summed E-state index contributed by atoms with van der Waals surface area (Å²) in [6.07, 6.45) is 14.9. The summed E-state index contributed by atoms with van der Waals surface area (Å²) >= 11 is 0. The highest BCUT2D eigenvalue weighted by Gasteiger charge is 2.07. The van der Waals surface area contributed by atoms with Gasteiger partial charge in [-0.25, -0.2) is 0 Å². The van der Waals surface area contributed by atoms with Gasteiger partial charge in [0.2, 0.25) is 0 Å². The quantitative estimate of drug-likeness (QED) is 0.210. The van der Waals surface area contributed by atoms with Crippen molar-refractivity contribution >= 4 is 5.78 Å². The van der Waals surface area contributed by atoms with Crippen LogP contribution in [0.15, 0.2) is 18.2 Å². The first kappa shape index (κ1) is 23.5. The Kier molecular flexibility index (Phi) is 13.5. The van der Waals surface area contributed by atoms with E-state index < -0.39 is 0 Å². The van der Waals surface area contributed by atoms with Crippen LogP contribution in [0.2, 0.25) is 0 Å². The Morgan fingerprint density at radius 1 is 0.667 bits per heavy atom. The Morgan fingerprint density at radius 3 is 1.48 bits per heavy atom. The van der Waals surface area contributed by atoms with Crippen molar-refractivity contribution in [1.29, 1.82) is 0 Å². The molecular formula is C24H40O3. The van der Waals surface area contributed by atoms with E-state index in [1.165, 1.54) is 64.2 Å². The number of carbonyl (C=O) groups is 1. The lowest BCUT2D eigenvalue weighted by molar-refractivity contribution is 0.101. The second-order valence-electron chi connectivity index (χ2n) is 7.48. The average Bonchev–Trinajstić information content (AvgIpc) is 2.66. The lowest BCUT2D eigenvalue weighted by Crippen LogP contribution is -2.02. The van der Waals surface area contributed by atoms with Gasteiger partial charge in [0, 0.05) is 11.6 Å². The Bertz CT molecular complexity index is 474. The average molecular weight is 377 g/mol. The summed E-state index contributed by atoms with van der Waals surface area (Å²) in [5.41, 5.74) is 0.661. The second kappa shape index (κ2) is 15.5. The normalized spacial score (nSPS) is 10.8. The molecule has 1 aromatic rings. The van der Waals surface area contributed by atoms with Gasteiger partial charge >= 0.3 is 0 Å². The molecule has 0 unspecified atom stereocenters. The standard InChI is InChI=1S/C24H40O3/c1-4-6-8-10-12-14-16-26-23-18-22(21(3)25)19-24(20-23)27-17-15-13-11-9-7-5-2/h18-20H,4-17H2,1-3H3. The summed E-state index contributed by atoms with van der Waals surface area (Å²) in [5.74, 6) is 1.54. The number of ketones is 1. The fourth-order valence-electron chi connectivity index (χ4n) is 3.09. The van der Waals surface area contributed by atoms with Crippen LogP contribution in [-0.4, -0.2) is 19.0 Å². The molecule has 0 radical (unpaired) electrons. The predicted octanol–water partition coefficient (Wildman–Crippen LogP) is 7.37. The third-order valence-corrected chi connectivity index (χ3v) is 4.82. The SMILES string of the molecule is CCCCCCCCOc1cc(OCCCCCCCC)cc(C(C)=O)c1. The molecule has 0 atom stereocenters. The molecule has 0 fully saturated rings. The molecule has 0 spiro atoms. The van der Waals surface area contributed by atoms with Crippen molar-refractivity contribution in [3.05, 3.63) is 23.8 Å². The highest BCUT2D eigenvalue weighted by atomic mass is 16.5. The number of benzene rings is 1. The van der Waals surface area contributed by atoms with E-state index in [0.717, 1.165) is 24.3 Å². The molecule has 0 saturated heterocycles. The van der Waals surface area contributed by atoms with E-state index >= 15 is 0 Å². The van der Waals surface area contributed by atoms with Gasteiger partial charge in [0.25, 0.3) is 0 Å². The lowest BCUT2D eigenvalue weighted by Gasteiger charge is -2.12. The van der Waals surface area contributed by atoms with Crippen LogP contribution in [0.1, 0.15) is 108 Å². The fourth-order valence-corrected chi connectivity index (χ4v) is 3.09. The van der Waals surface area contributed by atoms with Crippen molar-refractivity contribution < 1.29 is 14.3 Å². The van der Waals surface area contributed by atoms with Crippen molar-refractivity contribution in [2.45, 2.75) is 97.8 Å². The van der Waals surface area contributed by atoms with Crippen molar-refractivity contribution in [2.24, 2.45) is 0 Å². The van der Waals surface area contributed by atoms with E-state index in [1.54, 1.807) is 6.92 Å². The first-order chi connectivity index (χ1) is 13.2. The summed E-state index contributed by atoms with van der Waals surface area (Å²) in [7, 11) is 0. The third kappa shape index (κ3) is 11.7. The minimum Gasteiger partial charge on any atom is -0.493 e. The van der Waals surface area contributed by atoms with Crippen LogP contribution < -0.4 is 9.47 Å². The van der Waals surface area contributed by atoms with Crippen LogP contribution in [0.4, 0.5) is 0 Å². The highest BCUT2D eigenvalue weighted by molar-refractivity contribution is 5.94. The Hall–Kier alpha value is -1.51. The molecule has 27 heavy (non-hydrogen) atoms. The van der Waals surface area contributed by atoms with Gasteiger partial charge in [-0.15, -0.1) is 0 Å². The van der Waals surface area contributed by atoms with Gasteiger partial charge in [0.1, 0.15) is 11.5 Å². The Balaban J connectivity index is 2.38. The second-order valence-corrected chi connectivity index (χ2v) is 7.48. The molecule has 0 amide bonds. The zero-order chi connectivity index (χ0) is 19.7. The van der Waals surface area contributed by atoms with Crippen molar-refractivity contribution in [1.82, 2.24) is 0 Å². The zero-order valence-electron chi connectivity index (χ0n) is 17.9. The van der Waals surface area contributed by atoms with E-state index in [2.05, 4.69) is 13.8 Å². The molecule has 0 bridgehead atoms. The van der Waals surface area contributed by atoms with Gasteiger partial charge in [0.15, 0.2) is 5.78 Å². The lowest BCUT2D eigenvalue weighted by atomic mass is 10.1. The number of ether oxygens (including phenoxy) is 2. The summed E-state index contributed by atoms with van der Waals surface area (Å²) < 4.78 is 11.8. The summed E-state index contributed by atoms with van der Waals surface area (Å²) in [6, 6.07) is 5.58. The molecule has 0 aromatic heterocycles. The maximum absolute atomic E-state index is 11.8. The van der Waals surface area contributed by atoms with E-state index in [9.17, 15) is 4.79 Å². The van der Waals surface area contributed by atoms with Crippen LogP contribution >= 0.6 is 0 Å². The number of rotatable bonds is 17. The van der Waals surface area contributed by atoms with Gasteiger partial charge in [-0.3, -0.25) is 4.79 Å². The number of carbonyl (C=O) groups excluding carboxylic acids is 1. The first-order valence-electron chi connectivity index (χ1n) is 11.1. The topological polar surface area (TPSA) is 35.5 Å². The number of Topliss-reactive ketones (excluding diaryl/α,β-unsaturated/α-hetero) is 1. The molecule has 0 aliphatic carbocycles. The Morgan fingerprint density at radius 2 is 1.07 bits per heavy atom. The van der Waals surface area contributed by atoms with Crippen molar-refractivity contribution in [2.75, 3.05) is 13.2 Å². The Labute approximate surface area is 166 Å². The summed E-state index contributed by atoms with van der Waals surface area (Å²) in [5, 5.41) is 0. The third-order valence-electron chi connectivity index (χ3n) is 4.82. The molecule has 0 aliphatic rings. The molecule has 0 saturated carbocycles. The highest BCUT2D eigenvalue weighted by Crippen LogP contribution is 2.24. The molecule has 3 heteroatoms. The largest absolute Gasteiger partial charge is 0.493 e. The summed E-state index contributed by atoms with van der Waals surface area (Å²) in [4.78, 5) is 11.8. The smallest absolute Gasteiger partial charge is 0.160 e. The van der Waals surface area contributed by atoms with Gasteiger partial charge < -0.3 is 9.47 Å². The number of unbranched alkanes of at least 4 members (excludes halogenated alkanes) is 10. The minimum atomic E-state index is 0.0458. The van der Waals surface area contributed by atoms with Gasteiger partial charge in [-0.05, 0) is 31.9 Å². The van der Waals surface area contributed by atoms with Crippen molar-refractivity contribution in [3.63, 3.8) is 0 Å². The van der Waals surface area contributed by atoms with E-state index in [-0.39, 0.29) is 5.78 Å². The van der Waals surface area contributed by atoms with Crippen LogP contribution in [-0.2, 0) is 0 Å². The maximum Gasteiger partial charge on any atom is 0.160 e. The zero-order valence-corrected chi connectivity index (χ0v) is 17.9. The molecular weight excluding hydrogens is 336 g/mol. The number of hydrogen-bond acceptors (Lipinski definition) is 3. The minimum absolute atomic E-state index is 0.0458. The van der Waals surface area contributed by atoms with Crippen LogP contribution in [0.25, 0.3) is 0 Å². The van der Waals surface area contributed by atoms with Gasteiger partial charge in [-0.1, -0.05) is 78.1 Å². The molecule has 1 aromatic carbocycles. The fraction of sp³-hybridized carbons (Fsp3) is 0.708. The monoisotopic (exact) mass is 376 g/mol. The van der Waals surface area contributed by atoms with E-state index in [4.69, 9.17) is 9.47 Å². The summed E-state index contributed by atoms with van der Waals surface area (Å²) in [6.45, 7) is 7.45. The van der Waals surface area contributed by atoms with E-state index in [0.29, 0.717) is 18.8 Å². The maximum atomic E-state index is 11.8. The number of hydrogen-bond donors (Lipinski definition) is 0. The van der Waals surface area contributed by atoms with Gasteiger partial charge in [0.05, 0.1) is 13.2 Å².